The number of rotatable bonds is 5. The molecule has 0 saturated carbocycles. The number of nitrogen functional groups attached to an aromatic ring is 1. The van der Waals surface area contributed by atoms with Gasteiger partial charge in [0.1, 0.15) is 11.5 Å². The molecule has 1 aliphatic heterocycles. The zero-order valence-corrected chi connectivity index (χ0v) is 13.7. The minimum absolute atomic E-state index is 0.115. The second-order valence-electron chi connectivity index (χ2n) is 5.75. The van der Waals surface area contributed by atoms with Crippen LogP contribution in [-0.2, 0) is 16.1 Å². The summed E-state index contributed by atoms with van der Waals surface area (Å²) in [6.45, 7) is 5.07. The Balaban J connectivity index is 1.87. The molecule has 0 radical (unpaired) electrons. The number of ether oxygens (including phenoxy) is 2. The first kappa shape index (κ1) is 16.6. The van der Waals surface area contributed by atoms with E-state index in [1.54, 1.807) is 11.8 Å². The van der Waals surface area contributed by atoms with Crippen LogP contribution in [0.1, 0.15) is 19.4 Å². The SMILES string of the molecule is CSC1O[C@H](COCc2cccc(N)c2)[C@@H](O)[C@@H](C)[C@H]1C. The third kappa shape index (κ3) is 4.13. The van der Waals surface area contributed by atoms with Crippen LogP contribution >= 0.6 is 11.8 Å². The summed E-state index contributed by atoms with van der Waals surface area (Å²) in [7, 11) is 0. The van der Waals surface area contributed by atoms with Crippen molar-refractivity contribution in [1.29, 1.82) is 0 Å². The van der Waals surface area contributed by atoms with Gasteiger partial charge in [-0.15, -0.1) is 11.8 Å². The molecule has 5 atom stereocenters. The average Bonchev–Trinajstić information content (AvgIpc) is 2.47. The maximum atomic E-state index is 10.3. The van der Waals surface area contributed by atoms with E-state index in [2.05, 4.69) is 13.8 Å². The van der Waals surface area contributed by atoms with Crippen molar-refractivity contribution in [3.8, 4) is 0 Å². The smallest absolute Gasteiger partial charge is 0.108 e. The summed E-state index contributed by atoms with van der Waals surface area (Å²) in [5.41, 5.74) is 7.62. The van der Waals surface area contributed by atoms with Crippen molar-refractivity contribution < 1.29 is 14.6 Å². The molecule has 0 spiro atoms. The van der Waals surface area contributed by atoms with Crippen molar-refractivity contribution in [1.82, 2.24) is 0 Å². The van der Waals surface area contributed by atoms with Crippen LogP contribution in [0, 0.1) is 11.8 Å². The van der Waals surface area contributed by atoms with Crippen molar-refractivity contribution in [2.75, 3.05) is 18.6 Å². The van der Waals surface area contributed by atoms with Crippen LogP contribution < -0.4 is 5.73 Å². The number of hydrogen-bond acceptors (Lipinski definition) is 5. The second kappa shape index (κ2) is 7.49. The van der Waals surface area contributed by atoms with E-state index in [4.69, 9.17) is 15.2 Å². The summed E-state index contributed by atoms with van der Waals surface area (Å²) < 4.78 is 11.7. The fourth-order valence-corrected chi connectivity index (χ4v) is 3.59. The highest BCUT2D eigenvalue weighted by atomic mass is 32.2. The number of aliphatic hydroxyl groups is 1. The zero-order chi connectivity index (χ0) is 15.4. The Morgan fingerprint density at radius 1 is 1.33 bits per heavy atom. The maximum absolute atomic E-state index is 10.3. The van der Waals surface area contributed by atoms with Crippen LogP contribution in [0.2, 0.25) is 0 Å². The van der Waals surface area contributed by atoms with Crippen molar-refractivity contribution in [2.45, 2.75) is 38.1 Å². The maximum Gasteiger partial charge on any atom is 0.108 e. The Labute approximate surface area is 131 Å². The molecule has 1 saturated heterocycles. The molecule has 0 aromatic heterocycles. The Kier molecular flexibility index (Phi) is 5.93. The quantitative estimate of drug-likeness (QED) is 0.818. The van der Waals surface area contributed by atoms with Crippen molar-refractivity contribution in [3.05, 3.63) is 29.8 Å². The Morgan fingerprint density at radius 3 is 2.76 bits per heavy atom. The number of hydrogen-bond donors (Lipinski definition) is 2. The molecule has 0 aliphatic carbocycles. The highest BCUT2D eigenvalue weighted by Gasteiger charge is 2.40. The van der Waals surface area contributed by atoms with Gasteiger partial charge in [0.25, 0.3) is 0 Å². The first-order chi connectivity index (χ1) is 10.0. The van der Waals surface area contributed by atoms with E-state index < -0.39 is 6.10 Å². The lowest BCUT2D eigenvalue weighted by molar-refractivity contribution is -0.161. The Bertz CT molecular complexity index is 455. The van der Waals surface area contributed by atoms with Crippen LogP contribution in [0.3, 0.4) is 0 Å². The zero-order valence-electron chi connectivity index (χ0n) is 12.9. The molecule has 21 heavy (non-hydrogen) atoms. The van der Waals surface area contributed by atoms with Gasteiger partial charge < -0.3 is 20.3 Å². The van der Waals surface area contributed by atoms with Gasteiger partial charge in [-0.3, -0.25) is 0 Å². The van der Waals surface area contributed by atoms with E-state index in [1.807, 2.05) is 30.5 Å². The first-order valence-electron chi connectivity index (χ1n) is 7.31. The highest BCUT2D eigenvalue weighted by molar-refractivity contribution is 7.99. The molecule has 0 bridgehead atoms. The Morgan fingerprint density at radius 2 is 2.10 bits per heavy atom. The number of aliphatic hydroxyl groups excluding tert-OH is 1. The normalized spacial score (nSPS) is 33.0. The Hall–Kier alpha value is -0.750. The molecule has 1 heterocycles. The van der Waals surface area contributed by atoms with E-state index in [9.17, 15) is 5.11 Å². The van der Waals surface area contributed by atoms with Gasteiger partial charge in [-0.1, -0.05) is 26.0 Å². The molecule has 4 nitrogen and oxygen atoms in total. The molecule has 0 amide bonds. The third-order valence-electron chi connectivity index (χ3n) is 4.22. The standard InChI is InChI=1S/C16H25NO3S/c1-10-11(2)16(21-3)20-14(15(10)18)9-19-8-12-5-4-6-13(17)7-12/h4-7,10-11,14-16,18H,8-9,17H2,1-3H3/t10-,11+,14+,15-,16?/m0/s1. The van der Waals surface area contributed by atoms with Gasteiger partial charge in [0.05, 0.1) is 19.3 Å². The van der Waals surface area contributed by atoms with Gasteiger partial charge in [-0.25, -0.2) is 0 Å². The predicted octanol–water partition coefficient (Wildman–Crippen LogP) is 2.51. The molecule has 1 unspecified atom stereocenters. The number of nitrogens with two attached hydrogens (primary N) is 1. The largest absolute Gasteiger partial charge is 0.399 e. The molecule has 1 aromatic rings. The lowest BCUT2D eigenvalue weighted by Crippen LogP contribution is -2.49. The summed E-state index contributed by atoms with van der Waals surface area (Å²) in [6, 6.07) is 7.63. The molecule has 5 heteroatoms. The van der Waals surface area contributed by atoms with Gasteiger partial charge in [0, 0.05) is 5.69 Å². The van der Waals surface area contributed by atoms with E-state index in [1.165, 1.54) is 0 Å². The molecule has 1 aromatic carbocycles. The van der Waals surface area contributed by atoms with Gasteiger partial charge in [-0.05, 0) is 35.8 Å². The number of thioether (sulfide) groups is 1. The third-order valence-corrected chi connectivity index (χ3v) is 5.23. The van der Waals surface area contributed by atoms with Crippen LogP contribution in [0.4, 0.5) is 5.69 Å². The average molecular weight is 311 g/mol. The minimum atomic E-state index is -0.482. The van der Waals surface area contributed by atoms with Crippen molar-refractivity contribution in [3.63, 3.8) is 0 Å². The highest BCUT2D eigenvalue weighted by Crippen LogP contribution is 2.35. The fourth-order valence-electron chi connectivity index (χ4n) is 2.66. The molecule has 1 fully saturated rings. The van der Waals surface area contributed by atoms with Gasteiger partial charge in [0.15, 0.2) is 0 Å². The van der Waals surface area contributed by atoms with Crippen LogP contribution in [0.5, 0.6) is 0 Å². The summed E-state index contributed by atoms with van der Waals surface area (Å²) in [5.74, 6) is 0.539. The second-order valence-corrected chi connectivity index (χ2v) is 6.68. The van der Waals surface area contributed by atoms with E-state index in [0.29, 0.717) is 19.1 Å². The van der Waals surface area contributed by atoms with Gasteiger partial charge >= 0.3 is 0 Å². The molecule has 1 aliphatic rings. The number of anilines is 1. The molecule has 118 valence electrons. The minimum Gasteiger partial charge on any atom is -0.399 e. The summed E-state index contributed by atoms with van der Waals surface area (Å²) >= 11 is 1.69. The lowest BCUT2D eigenvalue weighted by Gasteiger charge is -2.41. The molecular formula is C16H25NO3S. The van der Waals surface area contributed by atoms with E-state index >= 15 is 0 Å². The summed E-state index contributed by atoms with van der Waals surface area (Å²) in [4.78, 5) is 0. The van der Waals surface area contributed by atoms with E-state index in [-0.39, 0.29) is 17.5 Å². The lowest BCUT2D eigenvalue weighted by atomic mass is 9.86. The predicted molar refractivity (Wildman–Crippen MR) is 87.0 cm³/mol. The fraction of sp³-hybridized carbons (Fsp3) is 0.625. The summed E-state index contributed by atoms with van der Waals surface area (Å²) in [5, 5.41) is 10.3. The topological polar surface area (TPSA) is 64.7 Å². The first-order valence-corrected chi connectivity index (χ1v) is 8.60. The van der Waals surface area contributed by atoms with Gasteiger partial charge in [-0.2, -0.15) is 0 Å². The monoisotopic (exact) mass is 311 g/mol. The van der Waals surface area contributed by atoms with E-state index in [0.717, 1.165) is 11.3 Å². The molecule has 3 N–H and O–H groups in total. The van der Waals surface area contributed by atoms with Crippen molar-refractivity contribution >= 4 is 17.4 Å². The van der Waals surface area contributed by atoms with Crippen LogP contribution in [-0.4, -0.2) is 35.6 Å². The number of benzene rings is 1. The summed E-state index contributed by atoms with van der Waals surface area (Å²) in [6.07, 6.45) is 1.29. The van der Waals surface area contributed by atoms with Crippen LogP contribution in [0.25, 0.3) is 0 Å². The van der Waals surface area contributed by atoms with Gasteiger partial charge in [0.2, 0.25) is 0 Å². The molecule has 2 rings (SSSR count). The van der Waals surface area contributed by atoms with Crippen molar-refractivity contribution in [2.24, 2.45) is 11.8 Å². The van der Waals surface area contributed by atoms with Crippen LogP contribution in [0.15, 0.2) is 24.3 Å². The molecular weight excluding hydrogens is 286 g/mol.